The molecule has 0 N–H and O–H groups in total. The minimum atomic E-state index is -0.978. The number of carbonyl (C=O) groups is 4. The Morgan fingerprint density at radius 1 is 0.842 bits per heavy atom. The molecule has 0 radical (unpaired) electrons. The number of hydrogen-bond acceptors (Lipinski definition) is 5. The van der Waals surface area contributed by atoms with E-state index in [4.69, 9.17) is 4.74 Å². The lowest BCUT2D eigenvalue weighted by atomic mass is 9.73. The molecule has 0 aromatic heterocycles. The molecule has 6 heteroatoms. The van der Waals surface area contributed by atoms with Crippen LogP contribution < -0.4 is 4.90 Å². The summed E-state index contributed by atoms with van der Waals surface area (Å²) in [5, 5.41) is 0. The van der Waals surface area contributed by atoms with E-state index < -0.39 is 12.1 Å². The Morgan fingerprint density at radius 2 is 1.55 bits per heavy atom. The molecule has 38 heavy (non-hydrogen) atoms. The molecule has 6 atom stereocenters. The minimum absolute atomic E-state index is 0.149. The normalized spacial score (nSPS) is 26.4. The molecule has 6 rings (SSSR count). The summed E-state index contributed by atoms with van der Waals surface area (Å²) in [7, 11) is 0. The summed E-state index contributed by atoms with van der Waals surface area (Å²) < 4.78 is 5.46. The molecule has 6 nitrogen and oxygen atoms in total. The molecule has 3 aromatic carbocycles. The Labute approximate surface area is 221 Å². The number of esters is 1. The Balaban J connectivity index is 1.19. The number of Topliss-reactive ketones (excluding diaryl/α,β-unsaturated/α-hetero) is 1. The zero-order chi connectivity index (χ0) is 26.6. The predicted molar refractivity (Wildman–Crippen MR) is 142 cm³/mol. The van der Waals surface area contributed by atoms with Gasteiger partial charge in [0.25, 0.3) is 0 Å². The molecule has 1 aliphatic heterocycles. The largest absolute Gasteiger partial charge is 0.451 e. The number of ether oxygens (including phenoxy) is 1. The van der Waals surface area contributed by atoms with Crippen LogP contribution in [0.15, 0.2) is 78.9 Å². The number of amides is 2. The highest BCUT2D eigenvalue weighted by molar-refractivity contribution is 6.23. The van der Waals surface area contributed by atoms with Crippen LogP contribution in [-0.2, 0) is 14.3 Å². The van der Waals surface area contributed by atoms with Gasteiger partial charge in [0.05, 0.1) is 23.1 Å². The fraction of sp³-hybridized carbons (Fsp3) is 0.312. The summed E-state index contributed by atoms with van der Waals surface area (Å²) in [6.07, 6.45) is 0.843. The van der Waals surface area contributed by atoms with E-state index in [2.05, 4.69) is 12.1 Å². The predicted octanol–water partition coefficient (Wildman–Crippen LogP) is 5.35. The van der Waals surface area contributed by atoms with Crippen molar-refractivity contribution in [1.82, 2.24) is 0 Å². The number of aryl methyl sites for hydroxylation is 1. The molecule has 1 heterocycles. The van der Waals surface area contributed by atoms with Crippen LogP contribution in [0.3, 0.4) is 0 Å². The van der Waals surface area contributed by atoms with E-state index in [0.717, 1.165) is 18.4 Å². The van der Waals surface area contributed by atoms with Gasteiger partial charge in [0, 0.05) is 5.56 Å². The van der Waals surface area contributed by atoms with Crippen molar-refractivity contribution in [3.8, 4) is 0 Å². The summed E-state index contributed by atoms with van der Waals surface area (Å²) in [5.74, 6) is -1.32. The third kappa shape index (κ3) is 3.95. The van der Waals surface area contributed by atoms with Crippen LogP contribution in [0.1, 0.15) is 57.5 Å². The Kier molecular flexibility index (Phi) is 5.98. The fourth-order valence-corrected chi connectivity index (χ4v) is 6.80. The highest BCUT2D eigenvalue weighted by Gasteiger charge is 2.64. The average Bonchev–Trinajstić information content (AvgIpc) is 3.60. The summed E-state index contributed by atoms with van der Waals surface area (Å²) in [6, 6.07) is 23.7. The lowest BCUT2D eigenvalue weighted by Gasteiger charge is -2.28. The highest BCUT2D eigenvalue weighted by atomic mass is 16.5. The number of hydrogen-bond donors (Lipinski definition) is 0. The molecule has 0 unspecified atom stereocenters. The maximum absolute atomic E-state index is 13.6. The molecular weight excluding hydrogens is 478 g/mol. The van der Waals surface area contributed by atoms with Crippen molar-refractivity contribution in [3.05, 3.63) is 101 Å². The summed E-state index contributed by atoms with van der Waals surface area (Å²) in [4.78, 5) is 54.0. The molecule has 2 aliphatic carbocycles. The first kappa shape index (κ1) is 24.3. The standard InChI is InChI=1S/C32H29NO5/c1-18-11-13-21(14-12-18)29(34)19(2)38-32(37)22-9-6-10-24(15-22)33-30(35)27-23-16-25(20-7-4-3-5-8-20)26(17-23)28(27)31(33)36/h3-15,19,23,25-28H,16-17H2,1-2H3/t19-,23-,25-,26+,27+,28+/m0/s1. The number of imide groups is 1. The molecule has 3 aliphatic rings. The van der Waals surface area contributed by atoms with Crippen molar-refractivity contribution in [2.45, 2.75) is 38.7 Å². The first-order valence-electron chi connectivity index (χ1n) is 13.2. The topological polar surface area (TPSA) is 80.8 Å². The third-order valence-corrected chi connectivity index (χ3v) is 8.57. The van der Waals surface area contributed by atoms with E-state index >= 15 is 0 Å². The van der Waals surface area contributed by atoms with Crippen molar-refractivity contribution in [2.75, 3.05) is 4.90 Å². The molecule has 3 fully saturated rings. The van der Waals surface area contributed by atoms with Gasteiger partial charge in [-0.1, -0.05) is 66.2 Å². The molecule has 2 amide bonds. The van der Waals surface area contributed by atoms with Crippen LogP contribution in [0.4, 0.5) is 5.69 Å². The van der Waals surface area contributed by atoms with Crippen molar-refractivity contribution in [1.29, 1.82) is 0 Å². The Hall–Kier alpha value is -4.06. The third-order valence-electron chi connectivity index (χ3n) is 8.57. The monoisotopic (exact) mass is 507 g/mol. The quantitative estimate of drug-likeness (QED) is 0.255. The van der Waals surface area contributed by atoms with Gasteiger partial charge in [0.2, 0.25) is 17.6 Å². The molecule has 1 saturated heterocycles. The zero-order valence-corrected chi connectivity index (χ0v) is 21.4. The summed E-state index contributed by atoms with van der Waals surface area (Å²) >= 11 is 0. The fourth-order valence-electron chi connectivity index (χ4n) is 6.80. The zero-order valence-electron chi connectivity index (χ0n) is 21.4. The van der Waals surface area contributed by atoms with Gasteiger partial charge in [-0.05, 0) is 68.2 Å². The van der Waals surface area contributed by atoms with E-state index in [9.17, 15) is 19.2 Å². The lowest BCUT2D eigenvalue weighted by Crippen LogP contribution is -2.33. The molecule has 2 bridgehead atoms. The smallest absolute Gasteiger partial charge is 0.338 e. The lowest BCUT2D eigenvalue weighted by molar-refractivity contribution is -0.123. The van der Waals surface area contributed by atoms with Gasteiger partial charge >= 0.3 is 5.97 Å². The summed E-state index contributed by atoms with van der Waals surface area (Å²) in [6.45, 7) is 3.47. The second-order valence-corrected chi connectivity index (χ2v) is 10.8. The number of anilines is 1. The van der Waals surface area contributed by atoms with E-state index in [1.54, 1.807) is 30.3 Å². The van der Waals surface area contributed by atoms with Gasteiger partial charge in [-0.15, -0.1) is 0 Å². The second kappa shape index (κ2) is 9.35. The first-order valence-corrected chi connectivity index (χ1v) is 13.2. The number of ketones is 1. The van der Waals surface area contributed by atoms with Gasteiger partial charge in [0.15, 0.2) is 6.10 Å². The van der Waals surface area contributed by atoms with Crippen LogP contribution in [0, 0.1) is 30.6 Å². The van der Waals surface area contributed by atoms with Crippen LogP contribution in [-0.4, -0.2) is 29.7 Å². The molecular formula is C32H29NO5. The number of carbonyl (C=O) groups excluding carboxylic acids is 4. The maximum atomic E-state index is 13.6. The van der Waals surface area contributed by atoms with Crippen LogP contribution in [0.25, 0.3) is 0 Å². The number of fused-ring (bicyclic) bond motifs is 5. The molecule has 0 spiro atoms. The average molecular weight is 508 g/mol. The minimum Gasteiger partial charge on any atom is -0.451 e. The molecule has 2 saturated carbocycles. The van der Waals surface area contributed by atoms with E-state index in [1.165, 1.54) is 23.5 Å². The SMILES string of the molecule is Cc1ccc(C(=O)[C@H](C)OC(=O)c2cccc(N3C(=O)[C@@H]4[C@@H]5C[C@@H]([C@H]4C3=O)[C@H](c3ccccc3)C5)c2)cc1. The van der Waals surface area contributed by atoms with Crippen molar-refractivity contribution < 1.29 is 23.9 Å². The van der Waals surface area contributed by atoms with Crippen LogP contribution in [0.5, 0.6) is 0 Å². The summed E-state index contributed by atoms with van der Waals surface area (Å²) in [5.41, 5.74) is 3.29. The van der Waals surface area contributed by atoms with Gasteiger partial charge in [-0.3, -0.25) is 19.3 Å². The van der Waals surface area contributed by atoms with Gasteiger partial charge in [0.1, 0.15) is 0 Å². The molecule has 3 aromatic rings. The van der Waals surface area contributed by atoms with E-state index in [0.29, 0.717) is 11.3 Å². The van der Waals surface area contributed by atoms with Gasteiger partial charge in [-0.25, -0.2) is 4.79 Å². The van der Waals surface area contributed by atoms with E-state index in [1.807, 2.05) is 37.3 Å². The Morgan fingerprint density at radius 3 is 2.29 bits per heavy atom. The van der Waals surface area contributed by atoms with Gasteiger partial charge < -0.3 is 4.74 Å². The highest BCUT2D eigenvalue weighted by Crippen LogP contribution is 2.61. The van der Waals surface area contributed by atoms with Crippen molar-refractivity contribution in [3.63, 3.8) is 0 Å². The number of nitrogens with zero attached hydrogens (tertiary/aromatic N) is 1. The van der Waals surface area contributed by atoms with Crippen LogP contribution >= 0.6 is 0 Å². The van der Waals surface area contributed by atoms with Gasteiger partial charge in [-0.2, -0.15) is 0 Å². The maximum Gasteiger partial charge on any atom is 0.338 e. The Bertz CT molecular complexity index is 1430. The number of rotatable bonds is 6. The first-order chi connectivity index (χ1) is 18.3. The van der Waals surface area contributed by atoms with Crippen molar-refractivity contribution in [2.24, 2.45) is 23.7 Å². The van der Waals surface area contributed by atoms with E-state index in [-0.39, 0.29) is 52.8 Å². The second-order valence-electron chi connectivity index (χ2n) is 10.8. The number of benzene rings is 3. The van der Waals surface area contributed by atoms with Crippen molar-refractivity contribution >= 4 is 29.3 Å². The van der Waals surface area contributed by atoms with Crippen LogP contribution in [0.2, 0.25) is 0 Å². The molecule has 192 valence electrons.